The Hall–Kier alpha value is -1.26. The van der Waals surface area contributed by atoms with Crippen molar-refractivity contribution >= 4 is 0 Å². The van der Waals surface area contributed by atoms with Crippen molar-refractivity contribution in [2.75, 3.05) is 0 Å². The van der Waals surface area contributed by atoms with Gasteiger partial charge in [0, 0.05) is 5.56 Å². The zero-order chi connectivity index (χ0) is 10.5. The summed E-state index contributed by atoms with van der Waals surface area (Å²) in [4.78, 5) is 0. The molecule has 1 heteroatoms. The van der Waals surface area contributed by atoms with Crippen LogP contribution in [0.1, 0.15) is 36.8 Å². The molecule has 0 aliphatic heterocycles. The first-order chi connectivity index (χ1) is 7.36. The Labute approximate surface area is 91.1 Å². The van der Waals surface area contributed by atoms with E-state index in [9.17, 15) is 5.11 Å². The second-order valence-corrected chi connectivity index (χ2v) is 4.04. The first-order valence-corrected chi connectivity index (χ1v) is 5.64. The van der Waals surface area contributed by atoms with Gasteiger partial charge in [-0.15, -0.1) is 0 Å². The highest BCUT2D eigenvalue weighted by molar-refractivity contribution is 5.41. The molecule has 1 atom stereocenters. The quantitative estimate of drug-likeness (QED) is 0.638. The second kappa shape index (κ2) is 5.00. The SMILES string of the molecule is OC1C#Cc2ccccc2CCCCC1. The molecule has 1 aliphatic carbocycles. The molecule has 1 aromatic carbocycles. The fourth-order valence-corrected chi connectivity index (χ4v) is 1.92. The summed E-state index contributed by atoms with van der Waals surface area (Å²) in [6.07, 6.45) is 4.95. The van der Waals surface area contributed by atoms with Gasteiger partial charge in [-0.05, 0) is 37.3 Å². The lowest BCUT2D eigenvalue weighted by atomic mass is 9.99. The van der Waals surface area contributed by atoms with Gasteiger partial charge in [-0.2, -0.15) is 0 Å². The number of aliphatic hydroxyl groups is 1. The molecule has 0 amide bonds. The predicted molar refractivity (Wildman–Crippen MR) is 61.5 cm³/mol. The molecule has 0 saturated heterocycles. The maximum atomic E-state index is 9.58. The van der Waals surface area contributed by atoms with Gasteiger partial charge in [-0.25, -0.2) is 0 Å². The molecule has 1 nitrogen and oxygen atoms in total. The van der Waals surface area contributed by atoms with Crippen LogP contribution in [0.15, 0.2) is 24.3 Å². The van der Waals surface area contributed by atoms with E-state index in [1.807, 2.05) is 12.1 Å². The molecule has 1 aromatic rings. The summed E-state index contributed by atoms with van der Waals surface area (Å²) in [6.45, 7) is 0. The van der Waals surface area contributed by atoms with Crippen molar-refractivity contribution < 1.29 is 5.11 Å². The zero-order valence-electron chi connectivity index (χ0n) is 8.87. The zero-order valence-corrected chi connectivity index (χ0v) is 8.87. The molecule has 1 unspecified atom stereocenters. The molecule has 2 rings (SSSR count). The van der Waals surface area contributed by atoms with E-state index in [4.69, 9.17) is 0 Å². The van der Waals surface area contributed by atoms with Gasteiger partial charge in [0.25, 0.3) is 0 Å². The lowest BCUT2D eigenvalue weighted by molar-refractivity contribution is 0.217. The molecule has 0 radical (unpaired) electrons. The number of aliphatic hydroxyl groups excluding tert-OH is 1. The number of aryl methyl sites for hydroxylation is 1. The van der Waals surface area contributed by atoms with Gasteiger partial charge in [0.1, 0.15) is 6.10 Å². The van der Waals surface area contributed by atoms with Crippen LogP contribution in [-0.2, 0) is 6.42 Å². The third kappa shape index (κ3) is 2.84. The van der Waals surface area contributed by atoms with E-state index >= 15 is 0 Å². The van der Waals surface area contributed by atoms with Gasteiger partial charge >= 0.3 is 0 Å². The molecular formula is C14H16O. The molecule has 15 heavy (non-hydrogen) atoms. The van der Waals surface area contributed by atoms with Crippen molar-refractivity contribution in [2.24, 2.45) is 0 Å². The normalized spacial score (nSPS) is 21.0. The Kier molecular flexibility index (Phi) is 3.42. The first-order valence-electron chi connectivity index (χ1n) is 5.64. The minimum absolute atomic E-state index is 0.448. The maximum Gasteiger partial charge on any atom is 0.115 e. The van der Waals surface area contributed by atoms with Crippen LogP contribution in [0.5, 0.6) is 0 Å². The van der Waals surface area contributed by atoms with Crippen molar-refractivity contribution in [1.29, 1.82) is 0 Å². The summed E-state index contributed by atoms with van der Waals surface area (Å²) in [5.41, 5.74) is 2.40. The topological polar surface area (TPSA) is 20.2 Å². The number of hydrogen-bond donors (Lipinski definition) is 1. The van der Waals surface area contributed by atoms with Crippen LogP contribution >= 0.6 is 0 Å². The fraction of sp³-hybridized carbons (Fsp3) is 0.429. The van der Waals surface area contributed by atoms with Crippen LogP contribution in [0.4, 0.5) is 0 Å². The molecular weight excluding hydrogens is 184 g/mol. The van der Waals surface area contributed by atoms with Crippen LogP contribution in [0.2, 0.25) is 0 Å². The number of hydrogen-bond acceptors (Lipinski definition) is 1. The molecule has 0 heterocycles. The average Bonchev–Trinajstić information content (AvgIpc) is 2.27. The van der Waals surface area contributed by atoms with E-state index in [-0.39, 0.29) is 0 Å². The summed E-state index contributed by atoms with van der Waals surface area (Å²) in [5, 5.41) is 9.58. The molecule has 0 bridgehead atoms. The van der Waals surface area contributed by atoms with Crippen molar-refractivity contribution in [3.8, 4) is 11.8 Å². The van der Waals surface area contributed by atoms with Gasteiger partial charge in [0.2, 0.25) is 0 Å². The number of benzene rings is 1. The van der Waals surface area contributed by atoms with Crippen molar-refractivity contribution in [2.45, 2.75) is 38.2 Å². The Balaban J connectivity index is 2.29. The van der Waals surface area contributed by atoms with Gasteiger partial charge < -0.3 is 5.11 Å². The Morgan fingerprint density at radius 2 is 2.00 bits per heavy atom. The summed E-state index contributed by atoms with van der Waals surface area (Å²) in [7, 11) is 0. The minimum atomic E-state index is -0.448. The highest BCUT2D eigenvalue weighted by Crippen LogP contribution is 2.14. The van der Waals surface area contributed by atoms with E-state index in [1.54, 1.807) is 0 Å². The van der Waals surface area contributed by atoms with Crippen LogP contribution in [-0.4, -0.2) is 11.2 Å². The molecule has 0 saturated carbocycles. The molecule has 1 N–H and O–H groups in total. The summed E-state index contributed by atoms with van der Waals surface area (Å²) >= 11 is 0. The largest absolute Gasteiger partial charge is 0.380 e. The van der Waals surface area contributed by atoms with Gasteiger partial charge in [0.05, 0.1) is 0 Å². The first kappa shape index (κ1) is 10.3. The van der Waals surface area contributed by atoms with Crippen LogP contribution in [0, 0.1) is 11.8 Å². The molecule has 0 fully saturated rings. The monoisotopic (exact) mass is 200 g/mol. The lowest BCUT2D eigenvalue weighted by Gasteiger charge is -2.08. The van der Waals surface area contributed by atoms with Gasteiger partial charge in [0.15, 0.2) is 0 Å². The van der Waals surface area contributed by atoms with Crippen molar-refractivity contribution in [3.05, 3.63) is 35.4 Å². The Bertz CT molecular complexity index is 384. The van der Waals surface area contributed by atoms with E-state index in [0.717, 1.165) is 24.8 Å². The average molecular weight is 200 g/mol. The second-order valence-electron chi connectivity index (χ2n) is 4.04. The number of fused-ring (bicyclic) bond motifs is 1. The van der Waals surface area contributed by atoms with Gasteiger partial charge in [-0.3, -0.25) is 0 Å². The van der Waals surface area contributed by atoms with Crippen LogP contribution in [0.25, 0.3) is 0 Å². The summed E-state index contributed by atoms with van der Waals surface area (Å²) in [6, 6.07) is 8.24. The Morgan fingerprint density at radius 1 is 1.13 bits per heavy atom. The highest BCUT2D eigenvalue weighted by atomic mass is 16.3. The summed E-state index contributed by atoms with van der Waals surface area (Å²) < 4.78 is 0. The molecule has 0 spiro atoms. The van der Waals surface area contributed by atoms with Crippen LogP contribution in [0.3, 0.4) is 0 Å². The number of rotatable bonds is 0. The molecule has 1 aliphatic rings. The Morgan fingerprint density at radius 3 is 2.93 bits per heavy atom. The van der Waals surface area contributed by atoms with E-state index in [1.165, 1.54) is 18.4 Å². The minimum Gasteiger partial charge on any atom is -0.380 e. The van der Waals surface area contributed by atoms with Crippen molar-refractivity contribution in [1.82, 2.24) is 0 Å². The molecule has 0 aromatic heterocycles. The van der Waals surface area contributed by atoms with E-state index < -0.39 is 6.10 Å². The van der Waals surface area contributed by atoms with E-state index in [0.29, 0.717) is 0 Å². The predicted octanol–water partition coefficient (Wildman–Crippen LogP) is 2.52. The highest BCUT2D eigenvalue weighted by Gasteiger charge is 2.04. The third-order valence-electron chi connectivity index (χ3n) is 2.81. The third-order valence-corrected chi connectivity index (χ3v) is 2.81. The van der Waals surface area contributed by atoms with Crippen molar-refractivity contribution in [3.63, 3.8) is 0 Å². The summed E-state index contributed by atoms with van der Waals surface area (Å²) in [5.74, 6) is 6.00. The standard InChI is InChI=1S/C14H16O/c15-14-9-3-1-2-6-12-7-4-5-8-13(12)10-11-14/h4-5,7-8,14-15H,1-3,6,9H2. The fourth-order valence-electron chi connectivity index (χ4n) is 1.92. The lowest BCUT2D eigenvalue weighted by Crippen LogP contribution is -2.04. The van der Waals surface area contributed by atoms with Gasteiger partial charge in [-0.1, -0.05) is 36.5 Å². The smallest absolute Gasteiger partial charge is 0.115 e. The van der Waals surface area contributed by atoms with E-state index in [2.05, 4.69) is 24.0 Å². The van der Waals surface area contributed by atoms with Crippen LogP contribution < -0.4 is 0 Å². The maximum absolute atomic E-state index is 9.58. The molecule has 78 valence electrons.